The number of hydrogen-bond donors (Lipinski definition) is 2. The monoisotopic (exact) mass is 257 g/mol. The second-order valence-electron chi connectivity index (χ2n) is 5.54. The van der Waals surface area contributed by atoms with Gasteiger partial charge in [-0.2, -0.15) is 0 Å². The maximum atomic E-state index is 12.1. The van der Waals surface area contributed by atoms with E-state index >= 15 is 0 Å². The molecular weight excluding hydrogens is 234 g/mol. The zero-order chi connectivity index (χ0) is 13.8. The number of carbonyl (C=O) groups excluding carboxylic acids is 2. The van der Waals surface area contributed by atoms with Gasteiger partial charge in [0.15, 0.2) is 0 Å². The van der Waals surface area contributed by atoms with E-state index < -0.39 is 5.91 Å². The quantitative estimate of drug-likeness (QED) is 0.694. The zero-order valence-corrected chi connectivity index (χ0v) is 11.4. The van der Waals surface area contributed by atoms with Gasteiger partial charge in [-0.25, -0.2) is 0 Å². The van der Waals surface area contributed by atoms with Crippen LogP contribution in [0.4, 0.5) is 0 Å². The molecule has 1 saturated heterocycles. The van der Waals surface area contributed by atoms with E-state index in [1.54, 1.807) is 0 Å². The average Bonchev–Trinajstić information content (AvgIpc) is 2.74. The first-order chi connectivity index (χ1) is 8.29. The van der Waals surface area contributed by atoms with Crippen molar-refractivity contribution >= 4 is 11.8 Å². The second-order valence-corrected chi connectivity index (χ2v) is 5.54. The van der Waals surface area contributed by atoms with E-state index in [-0.39, 0.29) is 30.7 Å². The lowest BCUT2D eigenvalue weighted by atomic mass is 10.2. The number of primary amides is 1. The SMILES string of the molecule is CC(C)(C)OCC(=O)N(CC(N)=O)C1CCNC1. The van der Waals surface area contributed by atoms with Gasteiger partial charge in [-0.1, -0.05) is 0 Å². The summed E-state index contributed by atoms with van der Waals surface area (Å²) in [4.78, 5) is 24.6. The van der Waals surface area contributed by atoms with Crippen LogP contribution in [0.25, 0.3) is 0 Å². The number of ether oxygens (including phenoxy) is 1. The van der Waals surface area contributed by atoms with E-state index in [0.717, 1.165) is 13.0 Å². The molecule has 6 heteroatoms. The molecule has 104 valence electrons. The van der Waals surface area contributed by atoms with Crippen LogP contribution in [0.1, 0.15) is 27.2 Å². The van der Waals surface area contributed by atoms with Gasteiger partial charge in [0.2, 0.25) is 11.8 Å². The predicted octanol–water partition coefficient (Wildman–Crippen LogP) is -0.523. The van der Waals surface area contributed by atoms with Crippen LogP contribution in [0.15, 0.2) is 0 Å². The summed E-state index contributed by atoms with van der Waals surface area (Å²) in [5.41, 5.74) is 4.81. The molecule has 2 amide bonds. The highest BCUT2D eigenvalue weighted by Gasteiger charge is 2.28. The molecule has 3 N–H and O–H groups in total. The fourth-order valence-corrected chi connectivity index (χ4v) is 1.86. The van der Waals surface area contributed by atoms with E-state index in [1.807, 2.05) is 20.8 Å². The molecule has 1 rings (SSSR count). The highest BCUT2D eigenvalue weighted by atomic mass is 16.5. The van der Waals surface area contributed by atoms with Crippen LogP contribution in [-0.4, -0.2) is 54.6 Å². The van der Waals surface area contributed by atoms with E-state index in [0.29, 0.717) is 6.54 Å². The van der Waals surface area contributed by atoms with Crippen molar-refractivity contribution in [3.8, 4) is 0 Å². The molecule has 0 aromatic rings. The Morgan fingerprint density at radius 3 is 2.56 bits per heavy atom. The van der Waals surface area contributed by atoms with Gasteiger partial charge in [-0.15, -0.1) is 0 Å². The van der Waals surface area contributed by atoms with Crippen molar-refractivity contribution in [2.45, 2.75) is 38.8 Å². The molecule has 0 radical (unpaired) electrons. The summed E-state index contributed by atoms with van der Waals surface area (Å²) in [5.74, 6) is -0.677. The Hall–Kier alpha value is -1.14. The summed E-state index contributed by atoms with van der Waals surface area (Å²) in [7, 11) is 0. The smallest absolute Gasteiger partial charge is 0.249 e. The molecule has 1 heterocycles. The van der Waals surface area contributed by atoms with Gasteiger partial charge < -0.3 is 20.7 Å². The largest absolute Gasteiger partial charge is 0.368 e. The standard InChI is InChI=1S/C12H23N3O3/c1-12(2,3)18-8-11(17)15(7-10(13)16)9-4-5-14-6-9/h9,14H,4-8H2,1-3H3,(H2,13,16). The van der Waals surface area contributed by atoms with Crippen molar-refractivity contribution in [1.29, 1.82) is 0 Å². The van der Waals surface area contributed by atoms with Gasteiger partial charge >= 0.3 is 0 Å². The highest BCUT2D eigenvalue weighted by Crippen LogP contribution is 2.11. The molecule has 0 bridgehead atoms. The van der Waals surface area contributed by atoms with E-state index in [2.05, 4.69) is 5.32 Å². The Labute approximate surface area is 108 Å². The Balaban J connectivity index is 2.58. The van der Waals surface area contributed by atoms with E-state index in [1.165, 1.54) is 4.90 Å². The molecule has 1 aliphatic heterocycles. The van der Waals surface area contributed by atoms with E-state index in [9.17, 15) is 9.59 Å². The number of nitrogens with one attached hydrogen (secondary N) is 1. The lowest BCUT2D eigenvalue weighted by molar-refractivity contribution is -0.145. The Morgan fingerprint density at radius 2 is 2.11 bits per heavy atom. The normalized spacial score (nSPS) is 19.8. The van der Waals surface area contributed by atoms with Crippen molar-refractivity contribution in [2.24, 2.45) is 5.73 Å². The Bertz CT molecular complexity index is 306. The summed E-state index contributed by atoms with van der Waals surface area (Å²) in [6.45, 7) is 7.15. The highest BCUT2D eigenvalue weighted by molar-refractivity contribution is 5.84. The molecule has 0 saturated carbocycles. The molecule has 18 heavy (non-hydrogen) atoms. The molecule has 0 spiro atoms. The maximum absolute atomic E-state index is 12.1. The summed E-state index contributed by atoms with van der Waals surface area (Å²) in [6.07, 6.45) is 0.842. The number of rotatable bonds is 5. The first-order valence-electron chi connectivity index (χ1n) is 6.22. The summed E-state index contributed by atoms with van der Waals surface area (Å²) in [6, 6.07) is 0.0357. The molecule has 0 aliphatic carbocycles. The van der Waals surface area contributed by atoms with Gasteiger partial charge in [-0.05, 0) is 33.7 Å². The first-order valence-corrected chi connectivity index (χ1v) is 6.22. The van der Waals surface area contributed by atoms with Gasteiger partial charge in [0.05, 0.1) is 12.1 Å². The fraction of sp³-hybridized carbons (Fsp3) is 0.833. The lowest BCUT2D eigenvalue weighted by Gasteiger charge is -2.29. The fourth-order valence-electron chi connectivity index (χ4n) is 1.86. The summed E-state index contributed by atoms with van der Waals surface area (Å²) in [5, 5.41) is 3.17. The number of nitrogens with two attached hydrogens (primary N) is 1. The third-order valence-electron chi connectivity index (χ3n) is 2.75. The van der Waals surface area contributed by atoms with Gasteiger partial charge in [0.1, 0.15) is 6.61 Å². The minimum atomic E-state index is -0.494. The molecule has 0 aromatic carbocycles. The molecular formula is C12H23N3O3. The molecule has 1 unspecified atom stereocenters. The number of hydrogen-bond acceptors (Lipinski definition) is 4. The van der Waals surface area contributed by atoms with Crippen molar-refractivity contribution in [2.75, 3.05) is 26.2 Å². The minimum absolute atomic E-state index is 0.0206. The van der Waals surface area contributed by atoms with Crippen LogP contribution in [-0.2, 0) is 14.3 Å². The average molecular weight is 257 g/mol. The number of nitrogens with zero attached hydrogens (tertiary/aromatic N) is 1. The molecule has 1 fully saturated rings. The van der Waals surface area contributed by atoms with E-state index in [4.69, 9.17) is 10.5 Å². The van der Waals surface area contributed by atoms with Crippen LogP contribution in [0.3, 0.4) is 0 Å². The Kier molecular flexibility index (Phi) is 5.10. The van der Waals surface area contributed by atoms with Crippen LogP contribution >= 0.6 is 0 Å². The van der Waals surface area contributed by atoms with Crippen LogP contribution < -0.4 is 11.1 Å². The lowest BCUT2D eigenvalue weighted by Crippen LogP contribution is -2.48. The maximum Gasteiger partial charge on any atom is 0.249 e. The van der Waals surface area contributed by atoms with Crippen LogP contribution in [0.2, 0.25) is 0 Å². The first kappa shape index (κ1) is 14.9. The zero-order valence-electron chi connectivity index (χ0n) is 11.4. The predicted molar refractivity (Wildman–Crippen MR) is 67.9 cm³/mol. The van der Waals surface area contributed by atoms with Gasteiger partial charge in [-0.3, -0.25) is 9.59 Å². The van der Waals surface area contributed by atoms with Crippen LogP contribution in [0.5, 0.6) is 0 Å². The molecule has 6 nitrogen and oxygen atoms in total. The molecule has 1 aliphatic rings. The van der Waals surface area contributed by atoms with Crippen molar-refractivity contribution in [3.63, 3.8) is 0 Å². The summed E-state index contributed by atoms with van der Waals surface area (Å²) >= 11 is 0. The van der Waals surface area contributed by atoms with Crippen molar-refractivity contribution < 1.29 is 14.3 Å². The number of amides is 2. The van der Waals surface area contributed by atoms with Gasteiger partial charge in [0.25, 0.3) is 0 Å². The summed E-state index contributed by atoms with van der Waals surface area (Å²) < 4.78 is 5.45. The minimum Gasteiger partial charge on any atom is -0.368 e. The third-order valence-corrected chi connectivity index (χ3v) is 2.75. The van der Waals surface area contributed by atoms with Crippen molar-refractivity contribution in [1.82, 2.24) is 10.2 Å². The number of carbonyl (C=O) groups is 2. The molecule has 0 aromatic heterocycles. The van der Waals surface area contributed by atoms with Crippen molar-refractivity contribution in [3.05, 3.63) is 0 Å². The third kappa shape index (κ3) is 5.01. The molecule has 1 atom stereocenters. The van der Waals surface area contributed by atoms with Gasteiger partial charge in [0, 0.05) is 12.6 Å². The Morgan fingerprint density at radius 1 is 1.44 bits per heavy atom. The second kappa shape index (κ2) is 6.15. The van der Waals surface area contributed by atoms with Crippen LogP contribution in [0, 0.1) is 0 Å². The topological polar surface area (TPSA) is 84.7 Å².